The van der Waals surface area contributed by atoms with E-state index < -0.39 is 0 Å². The van der Waals surface area contributed by atoms with Crippen molar-refractivity contribution in [3.05, 3.63) is 17.0 Å². The van der Waals surface area contributed by atoms with Gasteiger partial charge in [0.1, 0.15) is 12.1 Å². The van der Waals surface area contributed by atoms with Gasteiger partial charge in [-0.15, -0.1) is 0 Å². The molecule has 0 bridgehead atoms. The average molecular weight is 287 g/mol. The third kappa shape index (κ3) is 4.06. The molecule has 4 nitrogen and oxygen atoms in total. The van der Waals surface area contributed by atoms with Crippen LogP contribution in [-0.4, -0.2) is 40.5 Å². The molecule has 0 amide bonds. The first kappa shape index (κ1) is 13.4. The Labute approximate surface area is 106 Å². The highest BCUT2D eigenvalue weighted by molar-refractivity contribution is 9.10. The van der Waals surface area contributed by atoms with Gasteiger partial charge in [-0.25, -0.2) is 9.97 Å². The highest BCUT2D eigenvalue weighted by atomic mass is 79.9. The molecule has 0 spiro atoms. The fourth-order valence-electron chi connectivity index (χ4n) is 1.57. The summed E-state index contributed by atoms with van der Waals surface area (Å²) in [6, 6.07) is 0.367. The van der Waals surface area contributed by atoms with Gasteiger partial charge < -0.3 is 10.2 Å². The van der Waals surface area contributed by atoms with E-state index in [1.807, 2.05) is 0 Å². The van der Waals surface area contributed by atoms with Crippen LogP contribution in [0, 0.1) is 0 Å². The van der Waals surface area contributed by atoms with E-state index in [0.29, 0.717) is 6.04 Å². The molecule has 1 unspecified atom stereocenters. The molecule has 1 aromatic heterocycles. The Morgan fingerprint density at radius 2 is 2.12 bits per heavy atom. The number of nitrogens with zero attached hydrogens (tertiary/aromatic N) is 3. The van der Waals surface area contributed by atoms with Crippen molar-refractivity contribution in [1.29, 1.82) is 0 Å². The summed E-state index contributed by atoms with van der Waals surface area (Å²) in [5.74, 6) is 0.856. The maximum atomic E-state index is 4.19. The molecule has 5 heteroatoms. The molecule has 0 aliphatic carbocycles. The third-order valence-electron chi connectivity index (χ3n) is 2.48. The van der Waals surface area contributed by atoms with Crippen LogP contribution in [0.15, 0.2) is 17.0 Å². The number of halogens is 1. The molecule has 16 heavy (non-hydrogen) atoms. The second-order valence-corrected chi connectivity index (χ2v) is 4.60. The smallest absolute Gasteiger partial charge is 0.143 e. The normalized spacial score (nSPS) is 12.8. The van der Waals surface area contributed by atoms with Crippen molar-refractivity contribution >= 4 is 21.7 Å². The van der Waals surface area contributed by atoms with Crippen LogP contribution in [0.5, 0.6) is 0 Å². The van der Waals surface area contributed by atoms with E-state index in [2.05, 4.69) is 56.9 Å². The molecule has 1 rings (SSSR count). The highest BCUT2D eigenvalue weighted by Crippen LogP contribution is 2.17. The SMILES string of the molecule is CCN(CC)CC(C)Nc1ncncc1Br. The van der Waals surface area contributed by atoms with Crippen molar-refractivity contribution in [2.75, 3.05) is 25.0 Å². The van der Waals surface area contributed by atoms with Crippen LogP contribution in [-0.2, 0) is 0 Å². The molecule has 0 aromatic carbocycles. The zero-order chi connectivity index (χ0) is 12.0. The van der Waals surface area contributed by atoms with E-state index in [-0.39, 0.29) is 0 Å². The monoisotopic (exact) mass is 286 g/mol. The van der Waals surface area contributed by atoms with Crippen molar-refractivity contribution in [3.8, 4) is 0 Å². The number of hydrogen-bond acceptors (Lipinski definition) is 4. The Morgan fingerprint density at radius 1 is 1.44 bits per heavy atom. The van der Waals surface area contributed by atoms with Gasteiger partial charge in [0.2, 0.25) is 0 Å². The van der Waals surface area contributed by atoms with Crippen LogP contribution in [0.3, 0.4) is 0 Å². The first-order valence-corrected chi connectivity index (χ1v) is 6.41. The quantitative estimate of drug-likeness (QED) is 0.872. The fraction of sp³-hybridized carbons (Fsp3) is 0.636. The second kappa shape index (κ2) is 6.81. The number of hydrogen-bond donors (Lipinski definition) is 1. The predicted octanol–water partition coefficient (Wildman–Crippen LogP) is 2.38. The number of anilines is 1. The van der Waals surface area contributed by atoms with E-state index in [9.17, 15) is 0 Å². The van der Waals surface area contributed by atoms with Crippen LogP contribution in [0.1, 0.15) is 20.8 Å². The lowest BCUT2D eigenvalue weighted by atomic mass is 10.3. The lowest BCUT2D eigenvalue weighted by Crippen LogP contribution is -2.35. The fourth-order valence-corrected chi connectivity index (χ4v) is 1.90. The Balaban J connectivity index is 2.51. The maximum absolute atomic E-state index is 4.19. The first-order valence-electron chi connectivity index (χ1n) is 5.61. The van der Waals surface area contributed by atoms with Gasteiger partial charge in [-0.1, -0.05) is 13.8 Å². The van der Waals surface area contributed by atoms with Crippen LogP contribution in [0.25, 0.3) is 0 Å². The first-order chi connectivity index (χ1) is 7.67. The van der Waals surface area contributed by atoms with E-state index in [1.54, 1.807) is 12.5 Å². The summed E-state index contributed by atoms with van der Waals surface area (Å²) in [5, 5.41) is 3.37. The van der Waals surface area contributed by atoms with Crippen LogP contribution < -0.4 is 5.32 Å². The van der Waals surface area contributed by atoms with Crippen LogP contribution in [0.2, 0.25) is 0 Å². The highest BCUT2D eigenvalue weighted by Gasteiger charge is 2.09. The van der Waals surface area contributed by atoms with Crippen molar-refractivity contribution in [2.45, 2.75) is 26.8 Å². The molecule has 0 fully saturated rings. The summed E-state index contributed by atoms with van der Waals surface area (Å²) >= 11 is 3.42. The largest absolute Gasteiger partial charge is 0.365 e. The standard InChI is InChI=1S/C11H19BrN4/c1-4-16(5-2)7-9(3)15-11-10(12)6-13-8-14-11/h6,8-9H,4-5,7H2,1-3H3,(H,13,14,15). The minimum atomic E-state index is 0.367. The molecule has 1 heterocycles. The molecule has 1 aromatic rings. The van der Waals surface area contributed by atoms with E-state index in [1.165, 1.54) is 0 Å². The molecule has 1 atom stereocenters. The summed E-state index contributed by atoms with van der Waals surface area (Å²) in [6.45, 7) is 9.69. The lowest BCUT2D eigenvalue weighted by Gasteiger charge is -2.23. The molecule has 0 saturated heterocycles. The Hall–Kier alpha value is -0.680. The third-order valence-corrected chi connectivity index (χ3v) is 3.06. The minimum Gasteiger partial charge on any atom is -0.365 e. The van der Waals surface area contributed by atoms with Gasteiger partial charge in [0.25, 0.3) is 0 Å². The lowest BCUT2D eigenvalue weighted by molar-refractivity contribution is 0.294. The van der Waals surface area contributed by atoms with Gasteiger partial charge >= 0.3 is 0 Å². The maximum Gasteiger partial charge on any atom is 0.143 e. The minimum absolute atomic E-state index is 0.367. The van der Waals surface area contributed by atoms with Crippen molar-refractivity contribution < 1.29 is 0 Å². The molecule has 90 valence electrons. The van der Waals surface area contributed by atoms with E-state index in [0.717, 1.165) is 29.9 Å². The summed E-state index contributed by atoms with van der Waals surface area (Å²) in [7, 11) is 0. The zero-order valence-electron chi connectivity index (χ0n) is 10.1. The van der Waals surface area contributed by atoms with Gasteiger partial charge in [0.15, 0.2) is 0 Å². The van der Waals surface area contributed by atoms with Crippen LogP contribution in [0.4, 0.5) is 5.82 Å². The van der Waals surface area contributed by atoms with Crippen molar-refractivity contribution in [1.82, 2.24) is 14.9 Å². The van der Waals surface area contributed by atoms with Gasteiger partial charge in [-0.05, 0) is 35.9 Å². The number of nitrogens with one attached hydrogen (secondary N) is 1. The average Bonchev–Trinajstić information content (AvgIpc) is 2.29. The molecular formula is C11H19BrN4. The molecule has 0 aliphatic rings. The number of rotatable bonds is 6. The van der Waals surface area contributed by atoms with E-state index in [4.69, 9.17) is 0 Å². The van der Waals surface area contributed by atoms with Crippen molar-refractivity contribution in [2.24, 2.45) is 0 Å². The number of aromatic nitrogens is 2. The molecule has 0 saturated carbocycles. The Bertz CT molecular complexity index is 315. The van der Waals surface area contributed by atoms with Gasteiger partial charge in [0.05, 0.1) is 4.47 Å². The zero-order valence-corrected chi connectivity index (χ0v) is 11.7. The summed E-state index contributed by atoms with van der Waals surface area (Å²) in [5.41, 5.74) is 0. The molecular weight excluding hydrogens is 268 g/mol. The predicted molar refractivity (Wildman–Crippen MR) is 70.6 cm³/mol. The molecule has 1 N–H and O–H groups in total. The topological polar surface area (TPSA) is 41.0 Å². The molecule has 0 aliphatic heterocycles. The summed E-state index contributed by atoms with van der Waals surface area (Å²) in [6.07, 6.45) is 3.30. The van der Waals surface area contributed by atoms with Gasteiger partial charge in [-0.2, -0.15) is 0 Å². The second-order valence-electron chi connectivity index (χ2n) is 3.75. The molecule has 0 radical (unpaired) electrons. The van der Waals surface area contributed by atoms with Crippen molar-refractivity contribution in [3.63, 3.8) is 0 Å². The van der Waals surface area contributed by atoms with Gasteiger partial charge in [-0.3, -0.25) is 0 Å². The Morgan fingerprint density at radius 3 is 2.69 bits per heavy atom. The summed E-state index contributed by atoms with van der Waals surface area (Å²) < 4.78 is 0.904. The number of likely N-dealkylation sites (N-methyl/N-ethyl adjacent to an activating group) is 1. The van der Waals surface area contributed by atoms with Crippen LogP contribution >= 0.6 is 15.9 Å². The Kier molecular flexibility index (Phi) is 5.69. The van der Waals surface area contributed by atoms with E-state index >= 15 is 0 Å². The summed E-state index contributed by atoms with van der Waals surface area (Å²) in [4.78, 5) is 10.5. The van der Waals surface area contributed by atoms with Gasteiger partial charge in [0, 0.05) is 18.8 Å².